The molecule has 0 aliphatic carbocycles. The van der Waals surface area contributed by atoms with Gasteiger partial charge in [-0.25, -0.2) is 4.39 Å². The Morgan fingerprint density at radius 3 is 2.55 bits per heavy atom. The number of imide groups is 2. The number of nitrogens with zero attached hydrogens (tertiary/aromatic N) is 4. The smallest absolute Gasteiger partial charge is 0.267 e. The number of benzene rings is 2. The maximum atomic E-state index is 15.2. The van der Waals surface area contributed by atoms with Crippen LogP contribution in [0, 0.1) is 5.82 Å². The number of nitrogens with one attached hydrogen (secondary N) is 2. The molecule has 0 bridgehead atoms. The van der Waals surface area contributed by atoms with Crippen molar-refractivity contribution in [3.63, 3.8) is 0 Å². The zero-order chi connectivity index (χ0) is 31.0. The second kappa shape index (κ2) is 11.8. The standard InChI is InChI=1S/C31H30FN7O5/c32-22-14-18(4-5-19(22)17-37-10-12-38(13-11-37)20-8-9-34-24(15-20)28(33)41)16-35-23-3-1-2-21-27(23)31(44)39(30(21)43)25-6-7-26(40)36-29(25)42/h1-5,8-9,14-15,25,35H,6-7,10-13,16-17H2,(H2,33,41)(H,36,40,42). The Morgan fingerprint density at radius 1 is 1.02 bits per heavy atom. The average molecular weight is 600 g/mol. The monoisotopic (exact) mass is 599 g/mol. The van der Waals surface area contributed by atoms with Gasteiger partial charge in [0.15, 0.2) is 0 Å². The predicted molar refractivity (Wildman–Crippen MR) is 157 cm³/mol. The number of anilines is 2. The maximum Gasteiger partial charge on any atom is 0.267 e. The first-order valence-corrected chi connectivity index (χ1v) is 14.3. The Bertz CT molecular complexity index is 1690. The summed E-state index contributed by atoms with van der Waals surface area (Å²) < 4.78 is 15.2. The SMILES string of the molecule is NC(=O)c1cc(N2CCN(Cc3ccc(CNc4cccc5c4C(=O)N(C4CCC(=O)NC4=O)C5=O)cc3F)CC2)ccn1. The molecule has 1 unspecified atom stereocenters. The van der Waals surface area contributed by atoms with Crippen molar-refractivity contribution in [2.45, 2.75) is 32.0 Å². The van der Waals surface area contributed by atoms with Gasteiger partial charge in [-0.2, -0.15) is 0 Å². The minimum absolute atomic E-state index is 0.0391. The fraction of sp³-hybridized carbons (Fsp3) is 0.290. The van der Waals surface area contributed by atoms with Gasteiger partial charge in [-0.05, 0) is 42.3 Å². The van der Waals surface area contributed by atoms with E-state index in [0.717, 1.165) is 10.6 Å². The number of hydrogen-bond donors (Lipinski definition) is 3. The topological polar surface area (TPSA) is 158 Å². The highest BCUT2D eigenvalue weighted by Crippen LogP contribution is 2.32. The first-order valence-electron chi connectivity index (χ1n) is 14.3. The van der Waals surface area contributed by atoms with Crippen LogP contribution < -0.4 is 21.3 Å². The Kier molecular flexibility index (Phi) is 7.78. The van der Waals surface area contributed by atoms with Crippen LogP contribution in [0.4, 0.5) is 15.8 Å². The fourth-order valence-corrected chi connectivity index (χ4v) is 5.84. The van der Waals surface area contributed by atoms with Gasteiger partial charge < -0.3 is 16.0 Å². The zero-order valence-electron chi connectivity index (χ0n) is 23.7. The molecule has 0 spiro atoms. The minimum atomic E-state index is -1.05. The molecule has 4 heterocycles. The highest BCUT2D eigenvalue weighted by Gasteiger charge is 2.45. The van der Waals surface area contributed by atoms with Gasteiger partial charge in [0.1, 0.15) is 17.6 Å². The third-order valence-corrected chi connectivity index (χ3v) is 8.20. The fourth-order valence-electron chi connectivity index (χ4n) is 5.84. The van der Waals surface area contributed by atoms with Crippen LogP contribution >= 0.6 is 0 Å². The number of amides is 5. The van der Waals surface area contributed by atoms with E-state index in [1.54, 1.807) is 30.5 Å². The van der Waals surface area contributed by atoms with E-state index in [9.17, 15) is 24.0 Å². The number of fused-ring (bicyclic) bond motifs is 1. The maximum absolute atomic E-state index is 15.2. The number of nitrogens with two attached hydrogens (primary N) is 1. The lowest BCUT2D eigenvalue weighted by atomic mass is 10.0. The largest absolute Gasteiger partial charge is 0.380 e. The van der Waals surface area contributed by atoms with E-state index in [1.807, 2.05) is 12.1 Å². The van der Waals surface area contributed by atoms with Crippen LogP contribution in [0.3, 0.4) is 0 Å². The summed E-state index contributed by atoms with van der Waals surface area (Å²) in [6.45, 7) is 3.46. The van der Waals surface area contributed by atoms with Gasteiger partial charge in [0.25, 0.3) is 17.7 Å². The molecule has 12 nitrogen and oxygen atoms in total. The highest BCUT2D eigenvalue weighted by molar-refractivity contribution is 6.25. The van der Waals surface area contributed by atoms with E-state index in [-0.39, 0.29) is 42.0 Å². The molecule has 2 saturated heterocycles. The average Bonchev–Trinajstić information content (AvgIpc) is 3.27. The van der Waals surface area contributed by atoms with Gasteiger partial charge in [-0.3, -0.25) is 44.1 Å². The summed E-state index contributed by atoms with van der Waals surface area (Å²) in [6.07, 6.45) is 1.67. The second-order valence-corrected chi connectivity index (χ2v) is 11.0. The van der Waals surface area contributed by atoms with Crippen molar-refractivity contribution in [1.29, 1.82) is 0 Å². The summed E-state index contributed by atoms with van der Waals surface area (Å²) in [5.74, 6) is -3.23. The third kappa shape index (κ3) is 5.61. The molecule has 44 heavy (non-hydrogen) atoms. The molecule has 6 rings (SSSR count). The number of primary amides is 1. The molecule has 3 aliphatic rings. The molecule has 0 saturated carbocycles. The molecule has 5 amide bonds. The van der Waals surface area contributed by atoms with Crippen LogP contribution in [0.15, 0.2) is 54.7 Å². The van der Waals surface area contributed by atoms with Crippen LogP contribution in [0.1, 0.15) is 55.2 Å². The number of pyridine rings is 1. The Labute approximate surface area is 252 Å². The van der Waals surface area contributed by atoms with Crippen molar-refractivity contribution in [1.82, 2.24) is 20.1 Å². The molecular weight excluding hydrogens is 569 g/mol. The molecule has 1 atom stereocenters. The van der Waals surface area contributed by atoms with E-state index < -0.39 is 35.6 Å². The number of carbonyl (C=O) groups is 5. The van der Waals surface area contributed by atoms with Crippen molar-refractivity contribution < 1.29 is 28.4 Å². The quantitative estimate of drug-likeness (QED) is 0.328. The van der Waals surface area contributed by atoms with Crippen LogP contribution in [-0.2, 0) is 22.7 Å². The summed E-state index contributed by atoms with van der Waals surface area (Å²) >= 11 is 0. The summed E-state index contributed by atoms with van der Waals surface area (Å²) in [7, 11) is 0. The van der Waals surface area contributed by atoms with E-state index in [4.69, 9.17) is 5.73 Å². The number of piperidine rings is 1. The molecule has 3 aliphatic heterocycles. The normalized spacial score (nSPS) is 18.8. The van der Waals surface area contributed by atoms with Gasteiger partial charge in [0.2, 0.25) is 11.8 Å². The van der Waals surface area contributed by atoms with Crippen molar-refractivity contribution in [2.24, 2.45) is 5.73 Å². The molecule has 2 fully saturated rings. The number of aromatic nitrogens is 1. The van der Waals surface area contributed by atoms with Crippen molar-refractivity contribution in [3.05, 3.63) is 88.5 Å². The van der Waals surface area contributed by atoms with Crippen LogP contribution in [0.5, 0.6) is 0 Å². The number of halogens is 1. The first kappa shape index (κ1) is 28.9. The van der Waals surface area contributed by atoms with Crippen LogP contribution in [0.25, 0.3) is 0 Å². The van der Waals surface area contributed by atoms with Crippen LogP contribution in [0.2, 0.25) is 0 Å². The van der Waals surface area contributed by atoms with E-state index >= 15 is 4.39 Å². The summed E-state index contributed by atoms with van der Waals surface area (Å²) in [5, 5.41) is 5.33. The van der Waals surface area contributed by atoms with Crippen molar-refractivity contribution in [3.8, 4) is 0 Å². The number of carbonyl (C=O) groups excluding carboxylic acids is 5. The molecular formula is C31H30FN7O5. The Balaban J connectivity index is 1.07. The van der Waals surface area contributed by atoms with Gasteiger partial charge in [-0.1, -0.05) is 18.2 Å². The second-order valence-electron chi connectivity index (χ2n) is 11.0. The third-order valence-electron chi connectivity index (χ3n) is 8.20. The van der Waals surface area contributed by atoms with Gasteiger partial charge in [-0.15, -0.1) is 0 Å². The van der Waals surface area contributed by atoms with Gasteiger partial charge in [0.05, 0.1) is 11.1 Å². The van der Waals surface area contributed by atoms with E-state index in [2.05, 4.69) is 25.4 Å². The molecule has 4 N–H and O–H groups in total. The zero-order valence-corrected chi connectivity index (χ0v) is 23.7. The molecule has 0 radical (unpaired) electrons. The van der Waals surface area contributed by atoms with Crippen molar-refractivity contribution in [2.75, 3.05) is 36.4 Å². The van der Waals surface area contributed by atoms with E-state index in [1.165, 1.54) is 12.1 Å². The Hall–Kier alpha value is -5.17. The molecule has 3 aromatic rings. The van der Waals surface area contributed by atoms with E-state index in [0.29, 0.717) is 49.5 Å². The summed E-state index contributed by atoms with van der Waals surface area (Å²) in [5.41, 5.74) is 8.36. The van der Waals surface area contributed by atoms with Gasteiger partial charge in [0, 0.05) is 68.8 Å². The summed E-state index contributed by atoms with van der Waals surface area (Å²) in [4.78, 5) is 71.0. The molecule has 2 aromatic carbocycles. The molecule has 226 valence electrons. The lowest BCUT2D eigenvalue weighted by molar-refractivity contribution is -0.136. The number of piperazine rings is 1. The first-order chi connectivity index (χ1) is 21.2. The van der Waals surface area contributed by atoms with Crippen LogP contribution in [-0.4, -0.2) is 76.5 Å². The van der Waals surface area contributed by atoms with Gasteiger partial charge >= 0.3 is 0 Å². The Morgan fingerprint density at radius 2 is 1.82 bits per heavy atom. The molecule has 1 aromatic heterocycles. The predicted octanol–water partition coefficient (Wildman–Crippen LogP) is 1.66. The minimum Gasteiger partial charge on any atom is -0.380 e. The highest BCUT2D eigenvalue weighted by atomic mass is 19.1. The summed E-state index contributed by atoms with van der Waals surface area (Å²) in [6, 6.07) is 12.3. The van der Waals surface area contributed by atoms with Crippen molar-refractivity contribution >= 4 is 40.9 Å². The lowest BCUT2D eigenvalue weighted by Crippen LogP contribution is -2.54. The molecule has 13 heteroatoms. The lowest BCUT2D eigenvalue weighted by Gasteiger charge is -2.36. The number of hydrogen-bond acceptors (Lipinski definition) is 9. The number of rotatable bonds is 8.